The number of aromatic amines is 1. The first-order chi connectivity index (χ1) is 12.1. The van der Waals surface area contributed by atoms with E-state index in [4.69, 9.17) is 12.2 Å². The number of thiophene rings is 1. The summed E-state index contributed by atoms with van der Waals surface area (Å²) in [6.45, 7) is 0.731. The van der Waals surface area contributed by atoms with Crippen molar-refractivity contribution in [1.82, 2.24) is 19.7 Å². The van der Waals surface area contributed by atoms with Crippen molar-refractivity contribution < 1.29 is 4.79 Å². The Balaban J connectivity index is 1.71. The summed E-state index contributed by atoms with van der Waals surface area (Å²) in [4.78, 5) is 16.5. The fourth-order valence-electron chi connectivity index (χ4n) is 2.41. The number of nitrogens with zero attached hydrogens (tertiary/aromatic N) is 3. The zero-order chi connectivity index (χ0) is 17.8. The molecule has 1 aromatic carbocycles. The molecule has 2 heterocycles. The summed E-state index contributed by atoms with van der Waals surface area (Å²) in [6.07, 6.45) is 2.05. The van der Waals surface area contributed by atoms with Gasteiger partial charge in [-0.15, -0.1) is 23.1 Å². The average Bonchev–Trinajstić information content (AvgIpc) is 3.26. The van der Waals surface area contributed by atoms with Gasteiger partial charge in [-0.05, 0) is 47.6 Å². The van der Waals surface area contributed by atoms with Gasteiger partial charge in [0.15, 0.2) is 10.6 Å². The van der Waals surface area contributed by atoms with Crippen LogP contribution in [0.25, 0.3) is 10.7 Å². The molecule has 5 nitrogen and oxygen atoms in total. The van der Waals surface area contributed by atoms with E-state index in [0.717, 1.165) is 10.4 Å². The van der Waals surface area contributed by atoms with E-state index in [1.807, 2.05) is 23.8 Å². The minimum Gasteiger partial charge on any atom is -0.340 e. The Kier molecular flexibility index (Phi) is 5.72. The SMILES string of the molecule is CSc1ccc(CN(C)C(=O)Cn2c(-c3cccs3)n[nH]c2=S)cc1. The lowest BCUT2D eigenvalue weighted by atomic mass is 10.2. The van der Waals surface area contributed by atoms with Crippen molar-refractivity contribution in [3.63, 3.8) is 0 Å². The van der Waals surface area contributed by atoms with Crippen LogP contribution in [-0.4, -0.2) is 38.9 Å². The van der Waals surface area contributed by atoms with Gasteiger partial charge in [-0.25, -0.2) is 0 Å². The average molecular weight is 391 g/mol. The summed E-state index contributed by atoms with van der Waals surface area (Å²) in [5, 5.41) is 9.01. The predicted molar refractivity (Wildman–Crippen MR) is 105 cm³/mol. The van der Waals surface area contributed by atoms with Crippen molar-refractivity contribution in [2.75, 3.05) is 13.3 Å². The first-order valence-corrected chi connectivity index (χ1v) is 10.2. The third-order valence-corrected chi connectivity index (χ3v) is 5.72. The van der Waals surface area contributed by atoms with Crippen molar-refractivity contribution in [3.8, 4) is 10.7 Å². The van der Waals surface area contributed by atoms with E-state index in [1.54, 1.807) is 39.6 Å². The molecule has 3 aromatic rings. The third kappa shape index (κ3) is 4.20. The first kappa shape index (κ1) is 17.9. The van der Waals surface area contributed by atoms with Crippen LogP contribution in [-0.2, 0) is 17.9 Å². The monoisotopic (exact) mass is 390 g/mol. The molecule has 0 aliphatic heterocycles. The maximum Gasteiger partial charge on any atom is 0.242 e. The number of hydrogen-bond acceptors (Lipinski definition) is 5. The Hall–Kier alpha value is -1.90. The molecule has 0 fully saturated rings. The van der Waals surface area contributed by atoms with Crippen LogP contribution in [0.5, 0.6) is 0 Å². The van der Waals surface area contributed by atoms with E-state index in [2.05, 4.69) is 34.5 Å². The van der Waals surface area contributed by atoms with Crippen LogP contribution in [0.4, 0.5) is 0 Å². The second-order valence-corrected chi connectivity index (χ2v) is 7.73. The number of benzene rings is 1. The number of H-pyrrole nitrogens is 1. The fraction of sp³-hybridized carbons (Fsp3) is 0.235. The van der Waals surface area contributed by atoms with Crippen molar-refractivity contribution >= 4 is 41.2 Å². The van der Waals surface area contributed by atoms with Gasteiger partial charge in [0.05, 0.1) is 4.88 Å². The van der Waals surface area contributed by atoms with Gasteiger partial charge in [0, 0.05) is 18.5 Å². The summed E-state index contributed by atoms with van der Waals surface area (Å²) in [5.74, 6) is 0.690. The number of carbonyl (C=O) groups excluding carboxylic acids is 1. The van der Waals surface area contributed by atoms with Crippen LogP contribution in [0.1, 0.15) is 5.56 Å². The summed E-state index contributed by atoms with van der Waals surface area (Å²) in [6, 6.07) is 12.2. The molecule has 1 amide bonds. The number of amides is 1. The van der Waals surface area contributed by atoms with E-state index in [0.29, 0.717) is 17.1 Å². The predicted octanol–water partition coefficient (Wildman–Crippen LogP) is 4.05. The van der Waals surface area contributed by atoms with E-state index in [1.165, 1.54) is 4.90 Å². The minimum absolute atomic E-state index is 0.00995. The van der Waals surface area contributed by atoms with E-state index >= 15 is 0 Å². The number of likely N-dealkylation sites (N-methyl/N-ethyl adjacent to an activating group) is 1. The fourth-order valence-corrected chi connectivity index (χ4v) is 3.73. The Morgan fingerprint density at radius 3 is 2.76 bits per heavy atom. The van der Waals surface area contributed by atoms with Crippen molar-refractivity contribution in [2.45, 2.75) is 18.0 Å². The maximum atomic E-state index is 12.6. The molecule has 0 bridgehead atoms. The van der Waals surface area contributed by atoms with Gasteiger partial charge < -0.3 is 4.90 Å². The van der Waals surface area contributed by atoms with Crippen LogP contribution < -0.4 is 0 Å². The molecule has 0 saturated carbocycles. The molecule has 0 aliphatic rings. The van der Waals surface area contributed by atoms with Gasteiger partial charge in [0.2, 0.25) is 5.91 Å². The summed E-state index contributed by atoms with van der Waals surface area (Å²) < 4.78 is 2.20. The zero-order valence-electron chi connectivity index (χ0n) is 13.9. The number of carbonyl (C=O) groups is 1. The van der Waals surface area contributed by atoms with Crippen LogP contribution in [0.15, 0.2) is 46.7 Å². The van der Waals surface area contributed by atoms with Crippen molar-refractivity contribution in [1.29, 1.82) is 0 Å². The van der Waals surface area contributed by atoms with Gasteiger partial charge in [-0.1, -0.05) is 18.2 Å². The number of rotatable bonds is 6. The molecule has 3 rings (SSSR count). The van der Waals surface area contributed by atoms with Gasteiger partial charge in [-0.2, -0.15) is 5.10 Å². The highest BCUT2D eigenvalue weighted by Gasteiger charge is 2.16. The number of thioether (sulfide) groups is 1. The Morgan fingerprint density at radius 2 is 2.12 bits per heavy atom. The zero-order valence-corrected chi connectivity index (χ0v) is 16.4. The summed E-state index contributed by atoms with van der Waals surface area (Å²) in [7, 11) is 1.80. The molecule has 2 aromatic heterocycles. The smallest absolute Gasteiger partial charge is 0.242 e. The molecule has 1 N–H and O–H groups in total. The summed E-state index contributed by atoms with van der Waals surface area (Å²) in [5.41, 5.74) is 1.10. The van der Waals surface area contributed by atoms with E-state index in [9.17, 15) is 4.79 Å². The normalized spacial score (nSPS) is 10.8. The molecule has 0 saturated heterocycles. The van der Waals surface area contributed by atoms with E-state index in [-0.39, 0.29) is 12.5 Å². The van der Waals surface area contributed by atoms with Crippen molar-refractivity contribution in [3.05, 3.63) is 52.1 Å². The van der Waals surface area contributed by atoms with Gasteiger partial charge in [-0.3, -0.25) is 14.5 Å². The molecule has 25 heavy (non-hydrogen) atoms. The molecule has 0 spiro atoms. The quantitative estimate of drug-likeness (QED) is 0.510. The molecule has 0 atom stereocenters. The van der Waals surface area contributed by atoms with Crippen LogP contribution in [0, 0.1) is 4.77 Å². The standard InChI is InChI=1S/C17H18N4OS3/c1-20(10-12-5-7-13(24-2)8-6-12)15(22)11-21-16(18-19-17(21)23)14-4-3-9-25-14/h3-9H,10-11H2,1-2H3,(H,19,23). The highest BCUT2D eigenvalue weighted by Crippen LogP contribution is 2.23. The van der Waals surface area contributed by atoms with Crippen LogP contribution in [0.3, 0.4) is 0 Å². The van der Waals surface area contributed by atoms with Crippen molar-refractivity contribution in [2.24, 2.45) is 0 Å². The van der Waals surface area contributed by atoms with Crippen LogP contribution >= 0.6 is 35.3 Å². The molecule has 8 heteroatoms. The molecular formula is C17H18N4OS3. The lowest BCUT2D eigenvalue weighted by Gasteiger charge is -2.18. The Bertz CT molecular complexity index is 897. The third-order valence-electron chi connectivity index (χ3n) is 3.80. The number of nitrogens with one attached hydrogen (secondary N) is 1. The minimum atomic E-state index is -0.00995. The molecule has 0 aliphatic carbocycles. The summed E-state index contributed by atoms with van der Waals surface area (Å²) >= 11 is 8.56. The number of hydrogen-bond donors (Lipinski definition) is 1. The highest BCUT2D eigenvalue weighted by molar-refractivity contribution is 7.98. The largest absolute Gasteiger partial charge is 0.340 e. The highest BCUT2D eigenvalue weighted by atomic mass is 32.2. The van der Waals surface area contributed by atoms with Gasteiger partial charge >= 0.3 is 0 Å². The Morgan fingerprint density at radius 1 is 1.36 bits per heavy atom. The molecule has 0 radical (unpaired) electrons. The second kappa shape index (κ2) is 7.99. The molecular weight excluding hydrogens is 372 g/mol. The lowest BCUT2D eigenvalue weighted by molar-refractivity contribution is -0.131. The Labute approximate surface area is 159 Å². The van der Waals surface area contributed by atoms with Gasteiger partial charge in [0.1, 0.15) is 6.54 Å². The molecule has 0 unspecified atom stereocenters. The maximum absolute atomic E-state index is 12.6. The topological polar surface area (TPSA) is 53.9 Å². The molecule has 130 valence electrons. The second-order valence-electron chi connectivity index (χ2n) is 5.51. The number of aromatic nitrogens is 3. The van der Waals surface area contributed by atoms with Gasteiger partial charge in [0.25, 0.3) is 0 Å². The van der Waals surface area contributed by atoms with E-state index < -0.39 is 0 Å². The first-order valence-electron chi connectivity index (χ1n) is 7.64. The van der Waals surface area contributed by atoms with Crippen LogP contribution in [0.2, 0.25) is 0 Å². The lowest BCUT2D eigenvalue weighted by Crippen LogP contribution is -2.30.